The first-order valence-corrected chi connectivity index (χ1v) is 39.0. The molecule has 1 heterocycles. The molecule has 4 aromatic carbocycles. The Bertz CT molecular complexity index is 991. The summed E-state index contributed by atoms with van der Waals surface area (Å²) in [6.45, 7) is 0. The first-order chi connectivity index (χ1) is 14.9. The molecule has 1 saturated heterocycles. The Balaban J connectivity index is 1.68. The minimum atomic E-state index is -2.93. The molecular weight excluding hydrogens is 741 g/mol. The minimum absolute atomic E-state index is 1.66. The fourth-order valence-electron chi connectivity index (χ4n) is 3.51. The third-order valence-corrected chi connectivity index (χ3v) is 184. The summed E-state index contributed by atoms with van der Waals surface area (Å²) in [5.74, 6) is 0. The molecule has 2 radical (unpaired) electrons. The number of rotatable bonds is 4. The zero-order valence-corrected chi connectivity index (χ0v) is 27.3. The quantitative estimate of drug-likeness (QED) is 0.286. The molecule has 1 aliphatic rings. The van der Waals surface area contributed by atoms with E-state index in [9.17, 15) is 0 Å². The van der Waals surface area contributed by atoms with Crippen LogP contribution in [-0.2, 0) is 0 Å². The van der Waals surface area contributed by atoms with Crippen molar-refractivity contribution in [3.63, 3.8) is 0 Å². The van der Waals surface area contributed by atoms with Crippen molar-refractivity contribution in [2.75, 3.05) is 0 Å². The topological polar surface area (TPSA) is 0 Å². The van der Waals surface area contributed by atoms with E-state index in [0.29, 0.717) is 0 Å². The van der Waals surface area contributed by atoms with Crippen molar-refractivity contribution in [2.45, 2.75) is 0 Å². The summed E-state index contributed by atoms with van der Waals surface area (Å²) in [5.41, 5.74) is 0. The van der Waals surface area contributed by atoms with Crippen LogP contribution in [0.25, 0.3) is 0 Å². The van der Waals surface area contributed by atoms with E-state index in [2.05, 4.69) is 140 Å². The zero-order chi connectivity index (χ0) is 20.2. The molecule has 0 bridgehead atoms. The first-order valence-electron chi connectivity index (χ1n) is 9.87. The second-order valence-corrected chi connectivity index (χ2v) is 85.8. The van der Waals surface area contributed by atoms with Gasteiger partial charge in [0.15, 0.2) is 0 Å². The average Bonchev–Trinajstić information content (AvgIpc) is 2.86. The van der Waals surface area contributed by atoms with Crippen LogP contribution in [0, 0.1) is 0 Å². The number of benzene rings is 4. The Morgan fingerprint density at radius 2 is 0.767 bits per heavy atom. The van der Waals surface area contributed by atoms with Crippen molar-refractivity contribution in [1.82, 2.24) is 0 Å². The van der Waals surface area contributed by atoms with Gasteiger partial charge in [-0.05, 0) is 0 Å². The maximum absolute atomic E-state index is 2.93. The third kappa shape index (κ3) is 4.81. The molecule has 0 atom stereocenters. The summed E-state index contributed by atoms with van der Waals surface area (Å²) in [7, 11) is 0. The van der Waals surface area contributed by atoms with Crippen molar-refractivity contribution in [3.8, 4) is 0 Å². The maximum atomic E-state index is 2.52. The molecule has 4 aromatic rings. The first kappa shape index (κ1) is 22.1. The standard InChI is InChI=1S/4C6H5.3S.3Sn/c4*1-2-4-6-5-3-1;;;;;;/h4*1-5H;;;;;;. The van der Waals surface area contributed by atoms with Gasteiger partial charge >= 0.3 is 204 Å². The van der Waals surface area contributed by atoms with Crippen LogP contribution >= 0.6 is 18.4 Å². The summed E-state index contributed by atoms with van der Waals surface area (Å²) in [5, 5.41) is 0. The van der Waals surface area contributed by atoms with Crippen LogP contribution in [0.15, 0.2) is 121 Å². The summed E-state index contributed by atoms with van der Waals surface area (Å²) in [4.78, 5) is 0. The van der Waals surface area contributed by atoms with Gasteiger partial charge in [0.05, 0.1) is 0 Å². The predicted molar refractivity (Wildman–Crippen MR) is 144 cm³/mol. The molecule has 0 aromatic heterocycles. The fraction of sp³-hybridized carbons (Fsp3) is 0. The number of hydrogen-bond acceptors (Lipinski definition) is 3. The van der Waals surface area contributed by atoms with Crippen LogP contribution in [0.4, 0.5) is 0 Å². The van der Waals surface area contributed by atoms with Crippen molar-refractivity contribution in [3.05, 3.63) is 121 Å². The Morgan fingerprint density at radius 3 is 1.13 bits per heavy atom. The predicted octanol–water partition coefficient (Wildman–Crippen LogP) is 4.25. The van der Waals surface area contributed by atoms with Gasteiger partial charge in [-0.2, -0.15) is 0 Å². The summed E-state index contributed by atoms with van der Waals surface area (Å²) in [6, 6.07) is 46.2. The fourth-order valence-corrected chi connectivity index (χ4v) is 397. The average molecular weight is 761 g/mol. The summed E-state index contributed by atoms with van der Waals surface area (Å²) >= 11 is -6.72. The van der Waals surface area contributed by atoms with E-state index in [-0.39, 0.29) is 0 Å². The van der Waals surface area contributed by atoms with Gasteiger partial charge in [-0.3, -0.25) is 0 Å². The van der Waals surface area contributed by atoms with E-state index in [1.807, 2.05) is 0 Å². The molecule has 5 rings (SSSR count). The van der Waals surface area contributed by atoms with Crippen LogP contribution in [0.1, 0.15) is 0 Å². The van der Waals surface area contributed by atoms with Gasteiger partial charge < -0.3 is 0 Å². The van der Waals surface area contributed by atoms with Crippen LogP contribution in [-0.4, -0.2) is 49.6 Å². The van der Waals surface area contributed by atoms with E-state index in [0.717, 1.165) is 0 Å². The Morgan fingerprint density at radius 1 is 0.433 bits per heavy atom. The second-order valence-electron chi connectivity index (χ2n) is 6.96. The van der Waals surface area contributed by atoms with Gasteiger partial charge in [-0.15, -0.1) is 0 Å². The molecule has 6 heteroatoms. The van der Waals surface area contributed by atoms with E-state index in [4.69, 9.17) is 0 Å². The van der Waals surface area contributed by atoms with Gasteiger partial charge in [0.25, 0.3) is 0 Å². The van der Waals surface area contributed by atoms with E-state index >= 15 is 0 Å². The monoisotopic (exact) mass is 764 g/mol. The molecule has 0 amide bonds. The Kier molecular flexibility index (Phi) is 7.75. The summed E-state index contributed by atoms with van der Waals surface area (Å²) < 4.78 is 6.68. The second kappa shape index (κ2) is 10.5. The Hall–Kier alpha value is 0.326. The van der Waals surface area contributed by atoms with Crippen LogP contribution in [0.3, 0.4) is 0 Å². The molecule has 0 N–H and O–H groups in total. The van der Waals surface area contributed by atoms with Crippen LogP contribution in [0.5, 0.6) is 0 Å². The Labute approximate surface area is 200 Å². The van der Waals surface area contributed by atoms with Crippen molar-refractivity contribution in [2.24, 2.45) is 0 Å². The SMILES string of the molecule is c1cc[c]([Sn]2[S][Sn]([c]3ccccc3)[S][Sn]([c]3ccccc3)([c]3ccccc3)[S]2)cc1. The molecule has 146 valence electrons. The van der Waals surface area contributed by atoms with Crippen molar-refractivity contribution in [1.29, 1.82) is 0 Å². The molecule has 30 heavy (non-hydrogen) atoms. The normalized spacial score (nSPS) is 16.9. The molecular formula is C24H20S3Sn3. The molecule has 0 nitrogen and oxygen atoms in total. The van der Waals surface area contributed by atoms with Crippen LogP contribution < -0.4 is 14.3 Å². The molecule has 0 unspecified atom stereocenters. The van der Waals surface area contributed by atoms with Gasteiger partial charge in [-0.1, -0.05) is 0 Å². The van der Waals surface area contributed by atoms with Crippen LogP contribution in [0.2, 0.25) is 0 Å². The molecule has 1 aliphatic heterocycles. The van der Waals surface area contributed by atoms with Crippen molar-refractivity contribution >= 4 is 82.3 Å². The van der Waals surface area contributed by atoms with E-state index < -0.39 is 49.6 Å². The molecule has 0 aliphatic carbocycles. The number of hydrogen-bond donors (Lipinski definition) is 0. The molecule has 0 saturated carbocycles. The summed E-state index contributed by atoms with van der Waals surface area (Å²) in [6.07, 6.45) is 7.54. The van der Waals surface area contributed by atoms with Gasteiger partial charge in [-0.25, -0.2) is 0 Å². The third-order valence-electron chi connectivity index (χ3n) is 4.98. The molecule has 0 spiro atoms. The van der Waals surface area contributed by atoms with Gasteiger partial charge in [0, 0.05) is 0 Å². The molecule has 1 fully saturated rings. The van der Waals surface area contributed by atoms with Crippen molar-refractivity contribution < 1.29 is 0 Å². The van der Waals surface area contributed by atoms with E-state index in [1.54, 1.807) is 14.3 Å². The van der Waals surface area contributed by atoms with Gasteiger partial charge in [0.1, 0.15) is 0 Å². The van der Waals surface area contributed by atoms with Gasteiger partial charge in [0.2, 0.25) is 0 Å². The van der Waals surface area contributed by atoms with E-state index in [1.165, 1.54) is 0 Å². The zero-order valence-electron chi connectivity index (χ0n) is 16.3.